The van der Waals surface area contributed by atoms with Crippen molar-refractivity contribution in [1.82, 2.24) is 5.32 Å². The summed E-state index contributed by atoms with van der Waals surface area (Å²) in [5.74, 6) is -0.262. The normalized spacial score (nSPS) is 14.7. The number of primary amides is 1. The average molecular weight is 212 g/mol. The van der Waals surface area contributed by atoms with Gasteiger partial charge in [-0.2, -0.15) is 0 Å². The maximum absolute atomic E-state index is 11.4. The molecule has 0 aliphatic rings. The lowest BCUT2D eigenvalue weighted by Crippen LogP contribution is -2.30. The highest BCUT2D eigenvalue weighted by molar-refractivity contribution is 5.92. The van der Waals surface area contributed by atoms with Gasteiger partial charge in [0.05, 0.1) is 0 Å². The fourth-order valence-electron chi connectivity index (χ4n) is 1.99. The van der Waals surface area contributed by atoms with Crippen LogP contribution in [0.2, 0.25) is 0 Å². The number of nitrogens with one attached hydrogen (secondary N) is 1. The first-order chi connectivity index (χ1) is 7.12. The van der Waals surface area contributed by atoms with Crippen LogP contribution in [0.5, 0.6) is 0 Å². The molecule has 15 heavy (non-hydrogen) atoms. The van der Waals surface area contributed by atoms with Crippen LogP contribution in [0.3, 0.4) is 0 Å². The molecule has 0 aromatic rings. The predicted octanol–water partition coefficient (Wildman–Crippen LogP) is 1.98. The standard InChI is InChI=1S/C12H24N2O/c1-5-8-10(12(13)15)9(6-2)11(7-3)14-4/h11,14H,5-8H2,1-4H3,(H2,13,15)/b10-9-. The van der Waals surface area contributed by atoms with E-state index in [1.165, 1.54) is 5.57 Å². The van der Waals surface area contributed by atoms with E-state index in [-0.39, 0.29) is 11.9 Å². The molecule has 0 bridgehead atoms. The number of amides is 1. The largest absolute Gasteiger partial charge is 0.366 e. The second-order valence-corrected chi connectivity index (χ2v) is 3.72. The number of carbonyl (C=O) groups is 1. The summed E-state index contributed by atoms with van der Waals surface area (Å²) in [4.78, 5) is 11.4. The van der Waals surface area contributed by atoms with E-state index in [0.29, 0.717) is 0 Å². The van der Waals surface area contributed by atoms with Gasteiger partial charge in [0.1, 0.15) is 0 Å². The molecule has 3 heteroatoms. The molecule has 0 fully saturated rings. The summed E-state index contributed by atoms with van der Waals surface area (Å²) in [6, 6.07) is 0.282. The van der Waals surface area contributed by atoms with Crippen molar-refractivity contribution < 1.29 is 4.79 Å². The average Bonchev–Trinajstić information content (AvgIpc) is 2.23. The smallest absolute Gasteiger partial charge is 0.244 e. The zero-order chi connectivity index (χ0) is 11.8. The Bertz CT molecular complexity index is 230. The predicted molar refractivity (Wildman–Crippen MR) is 64.6 cm³/mol. The van der Waals surface area contributed by atoms with Crippen LogP contribution in [0.15, 0.2) is 11.1 Å². The maximum atomic E-state index is 11.4. The van der Waals surface area contributed by atoms with Gasteiger partial charge in [0.15, 0.2) is 0 Å². The topological polar surface area (TPSA) is 55.1 Å². The van der Waals surface area contributed by atoms with Crippen molar-refractivity contribution >= 4 is 5.91 Å². The SMILES string of the molecule is CCC/C(C(N)=O)=C(\CC)C(CC)NC. The molecule has 0 aliphatic carbocycles. The van der Waals surface area contributed by atoms with E-state index in [1.807, 2.05) is 7.05 Å². The molecule has 0 saturated heterocycles. The molecular formula is C12H24N2O. The van der Waals surface area contributed by atoms with Crippen LogP contribution in [0.1, 0.15) is 46.5 Å². The Labute approximate surface area is 93.1 Å². The molecule has 0 rings (SSSR count). The molecule has 1 unspecified atom stereocenters. The van der Waals surface area contributed by atoms with Crippen LogP contribution in [-0.2, 0) is 4.79 Å². The molecule has 88 valence electrons. The van der Waals surface area contributed by atoms with Gasteiger partial charge in [-0.3, -0.25) is 4.79 Å². The molecule has 1 atom stereocenters. The Hall–Kier alpha value is -0.830. The molecule has 0 radical (unpaired) electrons. The highest BCUT2D eigenvalue weighted by Crippen LogP contribution is 2.19. The first-order valence-electron chi connectivity index (χ1n) is 5.81. The maximum Gasteiger partial charge on any atom is 0.244 e. The lowest BCUT2D eigenvalue weighted by atomic mass is 9.93. The molecule has 0 saturated carbocycles. The van der Waals surface area contributed by atoms with Crippen LogP contribution in [0.25, 0.3) is 0 Å². The second-order valence-electron chi connectivity index (χ2n) is 3.72. The van der Waals surface area contributed by atoms with Gasteiger partial charge >= 0.3 is 0 Å². The summed E-state index contributed by atoms with van der Waals surface area (Å²) >= 11 is 0. The van der Waals surface area contributed by atoms with Crippen LogP contribution in [-0.4, -0.2) is 19.0 Å². The molecule has 0 aromatic heterocycles. The Morgan fingerprint density at radius 3 is 2.20 bits per heavy atom. The third-order valence-corrected chi connectivity index (χ3v) is 2.74. The number of hydrogen-bond acceptors (Lipinski definition) is 2. The summed E-state index contributed by atoms with van der Waals surface area (Å²) in [5.41, 5.74) is 7.42. The minimum Gasteiger partial charge on any atom is -0.366 e. The summed E-state index contributed by atoms with van der Waals surface area (Å²) in [5, 5.41) is 3.23. The summed E-state index contributed by atoms with van der Waals surface area (Å²) in [7, 11) is 1.92. The zero-order valence-electron chi connectivity index (χ0n) is 10.4. The molecule has 0 aliphatic heterocycles. The Kier molecular flexibility index (Phi) is 7.05. The van der Waals surface area contributed by atoms with Crippen LogP contribution >= 0.6 is 0 Å². The van der Waals surface area contributed by atoms with Crippen LogP contribution < -0.4 is 11.1 Å². The van der Waals surface area contributed by atoms with Crippen molar-refractivity contribution in [3.8, 4) is 0 Å². The molecule has 0 aromatic carbocycles. The van der Waals surface area contributed by atoms with E-state index in [1.54, 1.807) is 0 Å². The summed E-state index contributed by atoms with van der Waals surface area (Å²) in [6.45, 7) is 6.26. The van der Waals surface area contributed by atoms with E-state index in [9.17, 15) is 4.79 Å². The van der Waals surface area contributed by atoms with E-state index in [2.05, 4.69) is 26.1 Å². The number of likely N-dealkylation sites (N-methyl/N-ethyl adjacent to an activating group) is 1. The van der Waals surface area contributed by atoms with E-state index in [4.69, 9.17) is 5.73 Å². The first kappa shape index (κ1) is 14.2. The number of hydrogen-bond donors (Lipinski definition) is 2. The van der Waals surface area contributed by atoms with Crippen molar-refractivity contribution in [2.45, 2.75) is 52.5 Å². The van der Waals surface area contributed by atoms with Crippen LogP contribution in [0, 0.1) is 0 Å². The van der Waals surface area contributed by atoms with Crippen molar-refractivity contribution in [3.63, 3.8) is 0 Å². The van der Waals surface area contributed by atoms with Gasteiger partial charge in [-0.05, 0) is 31.9 Å². The number of nitrogens with two attached hydrogens (primary N) is 1. The monoisotopic (exact) mass is 212 g/mol. The lowest BCUT2D eigenvalue weighted by Gasteiger charge is -2.20. The quantitative estimate of drug-likeness (QED) is 0.634. The third-order valence-electron chi connectivity index (χ3n) is 2.74. The molecule has 0 heterocycles. The zero-order valence-corrected chi connectivity index (χ0v) is 10.4. The van der Waals surface area contributed by atoms with E-state index in [0.717, 1.165) is 31.3 Å². The fourth-order valence-corrected chi connectivity index (χ4v) is 1.99. The number of carbonyl (C=O) groups excluding carboxylic acids is 1. The minimum absolute atomic E-state index is 0.262. The van der Waals surface area contributed by atoms with E-state index >= 15 is 0 Å². The fraction of sp³-hybridized carbons (Fsp3) is 0.750. The first-order valence-corrected chi connectivity index (χ1v) is 5.81. The lowest BCUT2D eigenvalue weighted by molar-refractivity contribution is -0.114. The van der Waals surface area contributed by atoms with Crippen molar-refractivity contribution in [2.24, 2.45) is 5.73 Å². The molecular weight excluding hydrogens is 188 g/mol. The summed E-state index contributed by atoms with van der Waals surface area (Å²) < 4.78 is 0. The van der Waals surface area contributed by atoms with Gasteiger partial charge in [0.2, 0.25) is 5.91 Å². The summed E-state index contributed by atoms with van der Waals surface area (Å²) in [6.07, 6.45) is 3.62. The molecule has 0 spiro atoms. The van der Waals surface area contributed by atoms with Gasteiger partial charge in [-0.15, -0.1) is 0 Å². The van der Waals surface area contributed by atoms with Gasteiger partial charge < -0.3 is 11.1 Å². The van der Waals surface area contributed by atoms with E-state index < -0.39 is 0 Å². The van der Waals surface area contributed by atoms with Gasteiger partial charge in [0.25, 0.3) is 0 Å². The highest BCUT2D eigenvalue weighted by atomic mass is 16.1. The van der Waals surface area contributed by atoms with Gasteiger partial charge in [-0.25, -0.2) is 0 Å². The van der Waals surface area contributed by atoms with Gasteiger partial charge in [0, 0.05) is 11.6 Å². The minimum atomic E-state index is -0.262. The van der Waals surface area contributed by atoms with Crippen molar-refractivity contribution in [3.05, 3.63) is 11.1 Å². The Balaban J connectivity index is 5.09. The van der Waals surface area contributed by atoms with Crippen molar-refractivity contribution in [1.29, 1.82) is 0 Å². The van der Waals surface area contributed by atoms with Crippen molar-refractivity contribution in [2.75, 3.05) is 7.05 Å². The Morgan fingerprint density at radius 2 is 1.93 bits per heavy atom. The molecule has 3 nitrogen and oxygen atoms in total. The molecule has 3 N–H and O–H groups in total. The van der Waals surface area contributed by atoms with Crippen LogP contribution in [0.4, 0.5) is 0 Å². The Morgan fingerprint density at radius 1 is 1.33 bits per heavy atom. The third kappa shape index (κ3) is 4.04. The highest BCUT2D eigenvalue weighted by Gasteiger charge is 2.16. The van der Waals surface area contributed by atoms with Gasteiger partial charge in [-0.1, -0.05) is 27.2 Å². The molecule has 1 amide bonds. The second kappa shape index (κ2) is 7.46. The number of rotatable bonds is 7.